The second kappa shape index (κ2) is 6.18. The molecule has 0 saturated heterocycles. The van der Waals surface area contributed by atoms with Crippen molar-refractivity contribution in [2.45, 2.75) is 33.8 Å². The summed E-state index contributed by atoms with van der Waals surface area (Å²) in [6.45, 7) is 6.12. The van der Waals surface area contributed by atoms with Crippen molar-refractivity contribution in [2.75, 3.05) is 0 Å². The van der Waals surface area contributed by atoms with Gasteiger partial charge >= 0.3 is 0 Å². The van der Waals surface area contributed by atoms with Gasteiger partial charge in [0, 0.05) is 11.8 Å². The minimum Gasteiger partial charge on any atom is -0.391 e. The van der Waals surface area contributed by atoms with Crippen LogP contribution in [-0.2, 0) is 16.2 Å². The number of carbonyl (C=O) groups excluding carboxylic acids is 1. The van der Waals surface area contributed by atoms with Crippen LogP contribution in [0.5, 0.6) is 0 Å². The Bertz CT molecular complexity index is 377. The molecule has 0 radical (unpaired) electrons. The maximum atomic E-state index is 11.6. The largest absolute Gasteiger partial charge is 0.391 e. The van der Waals surface area contributed by atoms with Crippen molar-refractivity contribution in [3.63, 3.8) is 0 Å². The molecule has 0 amide bonds. The van der Waals surface area contributed by atoms with Crippen molar-refractivity contribution in [2.24, 2.45) is 10.6 Å². The quantitative estimate of drug-likeness (QED) is 0.578. The van der Waals surface area contributed by atoms with Crippen molar-refractivity contribution in [3.8, 4) is 0 Å². The summed E-state index contributed by atoms with van der Waals surface area (Å²) in [6, 6.07) is 9.79. The monoisotopic (exact) mass is 233 g/mol. The molecule has 17 heavy (non-hydrogen) atoms. The van der Waals surface area contributed by atoms with Crippen LogP contribution in [0.2, 0.25) is 0 Å². The van der Waals surface area contributed by atoms with Crippen molar-refractivity contribution in [1.82, 2.24) is 0 Å². The Labute approximate surface area is 102 Å². The molecule has 0 unspecified atom stereocenters. The molecule has 0 atom stereocenters. The smallest absolute Gasteiger partial charge is 0.143 e. The summed E-state index contributed by atoms with van der Waals surface area (Å²) in [4.78, 5) is 16.7. The van der Waals surface area contributed by atoms with Crippen LogP contribution in [0.25, 0.3) is 0 Å². The Morgan fingerprint density at radius 1 is 1.29 bits per heavy atom. The van der Waals surface area contributed by atoms with E-state index in [1.165, 1.54) is 6.21 Å². The van der Waals surface area contributed by atoms with Crippen LogP contribution in [0.1, 0.15) is 32.8 Å². The number of rotatable bonds is 5. The molecule has 0 aromatic heterocycles. The number of nitrogens with zero attached hydrogens (tertiary/aromatic N) is 1. The van der Waals surface area contributed by atoms with E-state index in [9.17, 15) is 4.79 Å². The maximum Gasteiger partial charge on any atom is 0.143 e. The second-order valence-corrected chi connectivity index (χ2v) is 4.92. The van der Waals surface area contributed by atoms with Crippen LogP contribution in [0, 0.1) is 5.41 Å². The fraction of sp³-hybridized carbons (Fsp3) is 0.429. The van der Waals surface area contributed by atoms with Crippen LogP contribution >= 0.6 is 0 Å². The van der Waals surface area contributed by atoms with Gasteiger partial charge in [-0.15, -0.1) is 0 Å². The summed E-state index contributed by atoms with van der Waals surface area (Å²) in [5.74, 6) is 0.157. The third kappa shape index (κ3) is 5.29. The molecule has 0 aliphatic rings. The van der Waals surface area contributed by atoms with Crippen LogP contribution in [0.4, 0.5) is 0 Å². The molecule has 0 spiro atoms. The van der Waals surface area contributed by atoms with Gasteiger partial charge in [-0.2, -0.15) is 0 Å². The highest BCUT2D eigenvalue weighted by Gasteiger charge is 2.19. The first-order chi connectivity index (χ1) is 8.00. The average molecular weight is 233 g/mol. The lowest BCUT2D eigenvalue weighted by molar-refractivity contribution is -0.125. The minimum absolute atomic E-state index is 0.157. The second-order valence-electron chi connectivity index (χ2n) is 4.92. The van der Waals surface area contributed by atoms with E-state index in [1.807, 2.05) is 51.1 Å². The number of hydrogen-bond donors (Lipinski definition) is 0. The third-order valence-corrected chi connectivity index (χ3v) is 2.34. The highest BCUT2D eigenvalue weighted by atomic mass is 16.6. The Kier molecular flexibility index (Phi) is 4.88. The predicted octanol–water partition coefficient (Wildman–Crippen LogP) is 3.19. The highest BCUT2D eigenvalue weighted by Crippen LogP contribution is 2.15. The molecule has 0 aliphatic heterocycles. The van der Waals surface area contributed by atoms with Gasteiger partial charge in [-0.25, -0.2) is 0 Å². The Morgan fingerprint density at radius 3 is 2.53 bits per heavy atom. The van der Waals surface area contributed by atoms with Gasteiger partial charge in [0.05, 0.1) is 6.21 Å². The molecular formula is C14H19NO2. The summed E-state index contributed by atoms with van der Waals surface area (Å²) in [5.41, 5.74) is 0.748. The van der Waals surface area contributed by atoms with Gasteiger partial charge in [-0.3, -0.25) is 4.79 Å². The standard InChI is InChI=1S/C14H19NO2/c1-14(2,3)13(16)9-10-15-17-11-12-7-5-4-6-8-12/h4-8,10H,9,11H2,1-3H3/b15-10+. The molecule has 1 aromatic carbocycles. The molecule has 1 aromatic rings. The first-order valence-electron chi connectivity index (χ1n) is 5.71. The molecule has 3 heteroatoms. The zero-order chi connectivity index (χ0) is 12.7. The van der Waals surface area contributed by atoms with E-state index in [1.54, 1.807) is 0 Å². The van der Waals surface area contributed by atoms with Crippen molar-refractivity contribution in [1.29, 1.82) is 0 Å². The minimum atomic E-state index is -0.314. The number of hydrogen-bond acceptors (Lipinski definition) is 3. The lowest BCUT2D eigenvalue weighted by Crippen LogP contribution is -2.19. The maximum absolute atomic E-state index is 11.6. The van der Waals surface area contributed by atoms with Gasteiger partial charge in [0.25, 0.3) is 0 Å². The Hall–Kier alpha value is -1.64. The number of ketones is 1. The Balaban J connectivity index is 2.26. The van der Waals surface area contributed by atoms with Crippen LogP contribution in [0.3, 0.4) is 0 Å². The first kappa shape index (κ1) is 13.4. The number of benzene rings is 1. The topological polar surface area (TPSA) is 38.7 Å². The van der Waals surface area contributed by atoms with E-state index in [0.29, 0.717) is 13.0 Å². The van der Waals surface area contributed by atoms with Gasteiger partial charge in [-0.05, 0) is 5.56 Å². The summed E-state index contributed by atoms with van der Waals surface area (Å²) in [7, 11) is 0. The van der Waals surface area contributed by atoms with Crippen molar-refractivity contribution >= 4 is 12.0 Å². The third-order valence-electron chi connectivity index (χ3n) is 2.34. The molecule has 0 N–H and O–H groups in total. The number of Topliss-reactive ketones (excluding diaryl/α,β-unsaturated/α-hetero) is 1. The van der Waals surface area contributed by atoms with Crippen LogP contribution in [-0.4, -0.2) is 12.0 Å². The fourth-order valence-corrected chi connectivity index (χ4v) is 1.17. The van der Waals surface area contributed by atoms with Crippen LogP contribution < -0.4 is 0 Å². The van der Waals surface area contributed by atoms with Crippen molar-refractivity contribution in [3.05, 3.63) is 35.9 Å². The number of carbonyl (C=O) groups is 1. The fourth-order valence-electron chi connectivity index (χ4n) is 1.17. The van der Waals surface area contributed by atoms with Gasteiger partial charge in [0.2, 0.25) is 0 Å². The van der Waals surface area contributed by atoms with E-state index in [4.69, 9.17) is 4.84 Å². The molecule has 92 valence electrons. The summed E-state index contributed by atoms with van der Waals surface area (Å²) >= 11 is 0. The van der Waals surface area contributed by atoms with Crippen LogP contribution in [0.15, 0.2) is 35.5 Å². The van der Waals surface area contributed by atoms with E-state index in [-0.39, 0.29) is 11.2 Å². The normalized spacial score (nSPS) is 11.7. The predicted molar refractivity (Wildman–Crippen MR) is 68.8 cm³/mol. The summed E-state index contributed by atoms with van der Waals surface area (Å²) in [5, 5.41) is 3.77. The Morgan fingerprint density at radius 2 is 1.94 bits per heavy atom. The lowest BCUT2D eigenvalue weighted by Gasteiger charge is -2.14. The van der Waals surface area contributed by atoms with Gasteiger partial charge < -0.3 is 4.84 Å². The molecule has 1 rings (SSSR count). The van der Waals surface area contributed by atoms with E-state index in [0.717, 1.165) is 5.56 Å². The van der Waals surface area contributed by atoms with E-state index < -0.39 is 0 Å². The SMILES string of the molecule is CC(C)(C)C(=O)C/C=N/OCc1ccccc1. The van der Waals surface area contributed by atoms with E-state index >= 15 is 0 Å². The first-order valence-corrected chi connectivity index (χ1v) is 5.71. The number of oxime groups is 1. The summed E-state index contributed by atoms with van der Waals surface area (Å²) < 4.78 is 0. The highest BCUT2D eigenvalue weighted by molar-refractivity contribution is 5.94. The van der Waals surface area contributed by atoms with Gasteiger partial charge in [0.1, 0.15) is 12.4 Å². The average Bonchev–Trinajstić information content (AvgIpc) is 2.28. The van der Waals surface area contributed by atoms with E-state index in [2.05, 4.69) is 5.16 Å². The molecule has 3 nitrogen and oxygen atoms in total. The molecule has 0 saturated carbocycles. The molecule has 0 aliphatic carbocycles. The zero-order valence-electron chi connectivity index (χ0n) is 10.6. The molecule has 0 heterocycles. The van der Waals surface area contributed by atoms with Crippen molar-refractivity contribution < 1.29 is 9.63 Å². The van der Waals surface area contributed by atoms with Gasteiger partial charge in [-0.1, -0.05) is 56.3 Å². The molecule has 0 bridgehead atoms. The van der Waals surface area contributed by atoms with Gasteiger partial charge in [0.15, 0.2) is 0 Å². The molecular weight excluding hydrogens is 214 g/mol. The zero-order valence-corrected chi connectivity index (χ0v) is 10.6. The summed E-state index contributed by atoms with van der Waals surface area (Å²) in [6.07, 6.45) is 1.84. The molecule has 0 fully saturated rings. The lowest BCUT2D eigenvalue weighted by atomic mass is 9.89.